The van der Waals surface area contributed by atoms with Gasteiger partial charge in [0.1, 0.15) is 22.4 Å². The van der Waals surface area contributed by atoms with E-state index in [0.717, 1.165) is 0 Å². The zero-order chi connectivity index (χ0) is 14.3. The quantitative estimate of drug-likeness (QED) is 0.725. The Balaban J connectivity index is 2.05. The average Bonchev–Trinajstić information content (AvgIpc) is 2.81. The number of oxazole rings is 1. The number of aromatic nitrogens is 3. The molecule has 0 spiro atoms. The van der Waals surface area contributed by atoms with Gasteiger partial charge < -0.3 is 10.2 Å². The predicted molar refractivity (Wildman–Crippen MR) is 78.5 cm³/mol. The van der Waals surface area contributed by atoms with E-state index in [-0.39, 0.29) is 12.1 Å². The van der Waals surface area contributed by atoms with Crippen LogP contribution in [0.25, 0.3) is 11.1 Å². The molecule has 1 aromatic carbocycles. The van der Waals surface area contributed by atoms with Crippen molar-refractivity contribution < 1.29 is 4.42 Å². The van der Waals surface area contributed by atoms with Crippen molar-refractivity contribution in [1.82, 2.24) is 14.5 Å². The van der Waals surface area contributed by atoms with Gasteiger partial charge >= 0.3 is 0 Å². The van der Waals surface area contributed by atoms with Crippen LogP contribution < -0.4 is 11.3 Å². The number of benzene rings is 1. The number of hydrogen-bond acceptors (Lipinski definition) is 5. The number of anilines is 1. The van der Waals surface area contributed by atoms with E-state index < -0.39 is 0 Å². The minimum absolute atomic E-state index is 0.167. The number of fused-ring (bicyclic) bond motifs is 1. The Morgan fingerprint density at radius 1 is 1.45 bits per heavy atom. The van der Waals surface area contributed by atoms with Gasteiger partial charge in [0.05, 0.1) is 0 Å². The van der Waals surface area contributed by atoms with Gasteiger partial charge in [-0.1, -0.05) is 0 Å². The zero-order valence-electron chi connectivity index (χ0n) is 10.6. The smallest absolute Gasteiger partial charge is 0.268 e. The third kappa shape index (κ3) is 2.20. The molecule has 102 valence electrons. The summed E-state index contributed by atoms with van der Waals surface area (Å²) in [6, 6.07) is 5.24. The van der Waals surface area contributed by atoms with Gasteiger partial charge in [0.15, 0.2) is 5.58 Å². The molecule has 3 aromatic rings. The molecule has 7 heteroatoms. The van der Waals surface area contributed by atoms with Gasteiger partial charge in [0.2, 0.25) is 5.89 Å². The number of nitrogens with two attached hydrogens (primary N) is 1. The molecule has 0 unspecified atom stereocenters. The first-order valence-electron chi connectivity index (χ1n) is 5.91. The molecule has 2 heterocycles. The Bertz CT molecular complexity index is 853. The number of nitrogens with zero attached hydrogens (tertiary/aromatic N) is 3. The summed E-state index contributed by atoms with van der Waals surface area (Å²) in [6.07, 6.45) is 1.49. The van der Waals surface area contributed by atoms with Crippen molar-refractivity contribution >= 4 is 32.7 Å². The molecular formula is C13H11BrN4O2. The van der Waals surface area contributed by atoms with Gasteiger partial charge in [-0.15, -0.1) is 0 Å². The molecule has 0 atom stereocenters. The van der Waals surface area contributed by atoms with Crippen LogP contribution >= 0.6 is 15.9 Å². The minimum Gasteiger partial charge on any atom is -0.439 e. The van der Waals surface area contributed by atoms with E-state index in [1.807, 2.05) is 0 Å². The summed E-state index contributed by atoms with van der Waals surface area (Å²) in [5.74, 6) is 1.04. The summed E-state index contributed by atoms with van der Waals surface area (Å²) in [7, 11) is 0. The maximum Gasteiger partial charge on any atom is 0.268 e. The minimum atomic E-state index is -0.167. The molecule has 0 saturated carbocycles. The molecule has 20 heavy (non-hydrogen) atoms. The molecule has 0 fully saturated rings. The fraction of sp³-hybridized carbons (Fsp3) is 0.154. The monoisotopic (exact) mass is 334 g/mol. The van der Waals surface area contributed by atoms with Crippen molar-refractivity contribution in [3.05, 3.63) is 50.9 Å². The average molecular weight is 335 g/mol. The highest BCUT2D eigenvalue weighted by Gasteiger charge is 2.11. The lowest BCUT2D eigenvalue weighted by Crippen LogP contribution is -2.24. The number of aryl methyl sites for hydroxylation is 1. The number of rotatable bonds is 2. The fourth-order valence-electron chi connectivity index (χ4n) is 1.93. The molecule has 3 rings (SSSR count). The highest BCUT2D eigenvalue weighted by atomic mass is 79.9. The van der Waals surface area contributed by atoms with Gasteiger partial charge in [-0.05, 0) is 41.1 Å². The molecule has 6 nitrogen and oxygen atoms in total. The van der Waals surface area contributed by atoms with E-state index in [9.17, 15) is 4.79 Å². The SMILES string of the molecule is Cc1ncc(Br)c(=O)n1Cc1nc2cc(N)ccc2o1. The Labute approximate surface area is 122 Å². The van der Waals surface area contributed by atoms with Gasteiger partial charge in [0, 0.05) is 11.9 Å². The summed E-state index contributed by atoms with van der Waals surface area (Å²) in [6.45, 7) is 1.99. The van der Waals surface area contributed by atoms with Crippen molar-refractivity contribution in [2.24, 2.45) is 0 Å². The Kier molecular flexibility index (Phi) is 3.06. The lowest BCUT2D eigenvalue weighted by atomic mass is 10.3. The molecule has 0 bridgehead atoms. The van der Waals surface area contributed by atoms with E-state index in [1.54, 1.807) is 25.1 Å². The summed E-state index contributed by atoms with van der Waals surface area (Å²) in [5.41, 5.74) is 7.47. The topological polar surface area (TPSA) is 86.9 Å². The second kappa shape index (κ2) is 4.75. The number of halogens is 1. The van der Waals surface area contributed by atoms with E-state index in [4.69, 9.17) is 10.2 Å². The maximum absolute atomic E-state index is 12.0. The largest absolute Gasteiger partial charge is 0.439 e. The van der Waals surface area contributed by atoms with Crippen molar-refractivity contribution in [3.63, 3.8) is 0 Å². The second-order valence-electron chi connectivity index (χ2n) is 4.38. The Hall–Kier alpha value is -2.15. The van der Waals surface area contributed by atoms with Crippen molar-refractivity contribution in [2.75, 3.05) is 5.73 Å². The van der Waals surface area contributed by atoms with Crippen molar-refractivity contribution in [2.45, 2.75) is 13.5 Å². The molecule has 0 aliphatic rings. The van der Waals surface area contributed by atoms with Crippen LogP contribution in [0.1, 0.15) is 11.7 Å². The van der Waals surface area contributed by atoms with E-state index in [1.165, 1.54) is 10.8 Å². The highest BCUT2D eigenvalue weighted by molar-refractivity contribution is 9.10. The second-order valence-corrected chi connectivity index (χ2v) is 5.23. The first-order chi connectivity index (χ1) is 9.54. The number of nitrogen functional groups attached to an aromatic ring is 1. The normalized spacial score (nSPS) is 11.1. The van der Waals surface area contributed by atoms with Gasteiger partial charge in [0.25, 0.3) is 5.56 Å². The first kappa shape index (κ1) is 12.9. The fourth-order valence-corrected chi connectivity index (χ4v) is 2.25. The Morgan fingerprint density at radius 3 is 3.05 bits per heavy atom. The maximum atomic E-state index is 12.0. The van der Waals surface area contributed by atoms with E-state index in [2.05, 4.69) is 25.9 Å². The van der Waals surface area contributed by atoms with Crippen LogP contribution in [0.4, 0.5) is 5.69 Å². The lowest BCUT2D eigenvalue weighted by molar-refractivity contribution is 0.496. The summed E-state index contributed by atoms with van der Waals surface area (Å²) in [5, 5.41) is 0. The summed E-state index contributed by atoms with van der Waals surface area (Å²) in [4.78, 5) is 20.5. The third-order valence-electron chi connectivity index (χ3n) is 2.95. The molecule has 0 amide bonds. The molecule has 0 radical (unpaired) electrons. The Morgan fingerprint density at radius 2 is 2.25 bits per heavy atom. The van der Waals surface area contributed by atoms with Gasteiger partial charge in [-0.3, -0.25) is 9.36 Å². The van der Waals surface area contributed by atoms with Crippen LogP contribution in [-0.4, -0.2) is 14.5 Å². The van der Waals surface area contributed by atoms with Crippen LogP contribution in [0, 0.1) is 6.92 Å². The summed E-state index contributed by atoms with van der Waals surface area (Å²) < 4.78 is 7.51. The van der Waals surface area contributed by atoms with Crippen LogP contribution in [-0.2, 0) is 6.54 Å². The highest BCUT2D eigenvalue weighted by Crippen LogP contribution is 2.18. The molecule has 0 aliphatic heterocycles. The van der Waals surface area contributed by atoms with Gasteiger partial charge in [-0.2, -0.15) is 0 Å². The van der Waals surface area contributed by atoms with E-state index in [0.29, 0.717) is 33.0 Å². The van der Waals surface area contributed by atoms with Crippen LogP contribution in [0.3, 0.4) is 0 Å². The van der Waals surface area contributed by atoms with Crippen molar-refractivity contribution in [3.8, 4) is 0 Å². The summed E-state index contributed by atoms with van der Waals surface area (Å²) >= 11 is 3.17. The molecule has 2 N–H and O–H groups in total. The van der Waals surface area contributed by atoms with Crippen LogP contribution in [0.15, 0.2) is 38.1 Å². The molecular weight excluding hydrogens is 324 g/mol. The third-order valence-corrected chi connectivity index (χ3v) is 3.50. The number of hydrogen-bond donors (Lipinski definition) is 1. The first-order valence-corrected chi connectivity index (χ1v) is 6.71. The lowest BCUT2D eigenvalue weighted by Gasteiger charge is -2.06. The van der Waals surface area contributed by atoms with E-state index >= 15 is 0 Å². The molecule has 2 aromatic heterocycles. The van der Waals surface area contributed by atoms with Gasteiger partial charge in [-0.25, -0.2) is 9.97 Å². The molecule has 0 aliphatic carbocycles. The van der Waals surface area contributed by atoms with Crippen LogP contribution in [0.2, 0.25) is 0 Å². The molecule has 0 saturated heterocycles. The standard InChI is InChI=1S/C13H11BrN4O2/c1-7-16-5-9(14)13(19)18(7)6-12-17-10-4-8(15)2-3-11(10)20-12/h2-5H,6,15H2,1H3. The van der Waals surface area contributed by atoms with Crippen molar-refractivity contribution in [1.29, 1.82) is 0 Å². The van der Waals surface area contributed by atoms with Crippen LogP contribution in [0.5, 0.6) is 0 Å². The predicted octanol–water partition coefficient (Wildman–Crippen LogP) is 2.09. The zero-order valence-corrected chi connectivity index (χ0v) is 12.2.